The summed E-state index contributed by atoms with van der Waals surface area (Å²) in [6.45, 7) is 17.8. The first-order valence-electron chi connectivity index (χ1n) is 8.65. The molecule has 2 heterocycles. The molecule has 0 amide bonds. The van der Waals surface area contributed by atoms with Crippen LogP contribution in [0.15, 0.2) is 0 Å². The lowest BCUT2D eigenvalue weighted by molar-refractivity contribution is 0.127. The van der Waals surface area contributed by atoms with Crippen LogP contribution in [-0.2, 0) is 0 Å². The molecule has 2 aliphatic heterocycles. The summed E-state index contributed by atoms with van der Waals surface area (Å²) in [4.78, 5) is 5.36. The normalized spacial score (nSPS) is 26.5. The van der Waals surface area contributed by atoms with Crippen LogP contribution >= 0.6 is 0 Å². The Morgan fingerprint density at radius 3 is 2.00 bits per heavy atom. The van der Waals surface area contributed by atoms with E-state index in [0.717, 1.165) is 17.9 Å². The predicted molar refractivity (Wildman–Crippen MR) is 85.6 cm³/mol. The van der Waals surface area contributed by atoms with Gasteiger partial charge in [0.2, 0.25) is 0 Å². The molecule has 1 atom stereocenters. The third kappa shape index (κ3) is 5.43. The highest BCUT2D eigenvalue weighted by Crippen LogP contribution is 2.24. The molecular formula is C17H36N2. The minimum atomic E-state index is 0.743. The molecule has 19 heavy (non-hydrogen) atoms. The molecule has 2 nitrogen and oxygen atoms in total. The van der Waals surface area contributed by atoms with Crippen molar-refractivity contribution in [2.45, 2.75) is 66.3 Å². The Bertz CT molecular complexity index is 219. The number of likely N-dealkylation sites (tertiary alicyclic amines) is 2. The highest BCUT2D eigenvalue weighted by molar-refractivity contribution is 4.80. The number of rotatable bonds is 4. The largest absolute Gasteiger partial charge is 0.303 e. The maximum absolute atomic E-state index is 2.73. The molecule has 0 spiro atoms. The van der Waals surface area contributed by atoms with Crippen molar-refractivity contribution in [1.29, 1.82) is 0 Å². The molecule has 2 aliphatic rings. The zero-order valence-corrected chi connectivity index (χ0v) is 14.0. The van der Waals surface area contributed by atoms with Gasteiger partial charge in [-0.2, -0.15) is 0 Å². The van der Waals surface area contributed by atoms with Gasteiger partial charge in [-0.3, -0.25) is 0 Å². The highest BCUT2D eigenvalue weighted by Gasteiger charge is 2.26. The molecule has 0 bridgehead atoms. The molecule has 1 unspecified atom stereocenters. The minimum absolute atomic E-state index is 0.743. The molecule has 0 aromatic rings. The molecule has 2 heteroatoms. The van der Waals surface area contributed by atoms with Crippen LogP contribution in [-0.4, -0.2) is 48.6 Å². The van der Waals surface area contributed by atoms with E-state index < -0.39 is 0 Å². The molecule has 0 aromatic heterocycles. The summed E-state index contributed by atoms with van der Waals surface area (Å²) >= 11 is 0. The van der Waals surface area contributed by atoms with E-state index in [2.05, 4.69) is 30.6 Å². The van der Waals surface area contributed by atoms with Gasteiger partial charge in [-0.25, -0.2) is 0 Å². The quantitative estimate of drug-likeness (QED) is 0.764. The first-order valence-corrected chi connectivity index (χ1v) is 8.65. The fourth-order valence-electron chi connectivity index (χ4n) is 3.43. The van der Waals surface area contributed by atoms with Gasteiger partial charge in [0.1, 0.15) is 0 Å². The van der Waals surface area contributed by atoms with Gasteiger partial charge >= 0.3 is 0 Å². The average molecular weight is 268 g/mol. The van der Waals surface area contributed by atoms with Crippen LogP contribution in [0.3, 0.4) is 0 Å². The Balaban J connectivity index is 0.000000861. The van der Waals surface area contributed by atoms with E-state index in [4.69, 9.17) is 0 Å². The zero-order chi connectivity index (χ0) is 14.3. The molecule has 2 fully saturated rings. The van der Waals surface area contributed by atoms with E-state index in [-0.39, 0.29) is 0 Å². The fraction of sp³-hybridized carbons (Fsp3) is 1.00. The second kappa shape index (κ2) is 8.97. The maximum Gasteiger partial charge on any atom is 0.00385 e. The van der Waals surface area contributed by atoms with Crippen molar-refractivity contribution < 1.29 is 0 Å². The lowest BCUT2D eigenvalue weighted by atomic mass is 9.95. The van der Waals surface area contributed by atoms with Gasteiger partial charge in [-0.1, -0.05) is 27.2 Å². The van der Waals surface area contributed by atoms with Crippen LogP contribution in [0.5, 0.6) is 0 Å². The van der Waals surface area contributed by atoms with E-state index in [1.807, 2.05) is 13.8 Å². The van der Waals surface area contributed by atoms with Gasteiger partial charge in [0.25, 0.3) is 0 Å². The van der Waals surface area contributed by atoms with Crippen LogP contribution in [0.25, 0.3) is 0 Å². The van der Waals surface area contributed by atoms with Crippen molar-refractivity contribution in [1.82, 2.24) is 9.80 Å². The number of piperidine rings is 1. The van der Waals surface area contributed by atoms with Crippen LogP contribution < -0.4 is 0 Å². The summed E-state index contributed by atoms with van der Waals surface area (Å²) in [7, 11) is 0. The minimum Gasteiger partial charge on any atom is -0.303 e. The predicted octanol–water partition coefficient (Wildman–Crippen LogP) is 3.86. The van der Waals surface area contributed by atoms with Gasteiger partial charge in [-0.05, 0) is 64.6 Å². The summed E-state index contributed by atoms with van der Waals surface area (Å²) in [6.07, 6.45) is 5.67. The monoisotopic (exact) mass is 268 g/mol. The zero-order valence-electron chi connectivity index (χ0n) is 14.0. The van der Waals surface area contributed by atoms with Crippen molar-refractivity contribution in [3.05, 3.63) is 0 Å². The molecular weight excluding hydrogens is 232 g/mol. The van der Waals surface area contributed by atoms with E-state index in [0.29, 0.717) is 0 Å². The third-order valence-corrected chi connectivity index (χ3v) is 4.84. The van der Waals surface area contributed by atoms with Crippen LogP contribution in [0.1, 0.15) is 60.3 Å². The summed E-state index contributed by atoms with van der Waals surface area (Å²) in [5.74, 6) is 1.96. The van der Waals surface area contributed by atoms with Crippen molar-refractivity contribution in [3.8, 4) is 0 Å². The lowest BCUT2D eigenvalue weighted by Gasteiger charge is -2.36. The topological polar surface area (TPSA) is 6.48 Å². The standard InChI is InChI=1S/C15H30N2.C2H6/c1-4-14-5-8-16(11-14)12-15-6-9-17(10-7-15)13(2)3;1-2/h13-15H,4-12H2,1-3H3;1-2H3. The number of nitrogens with zero attached hydrogens (tertiary/aromatic N) is 2. The fourth-order valence-corrected chi connectivity index (χ4v) is 3.43. The Labute approximate surface area is 121 Å². The van der Waals surface area contributed by atoms with Crippen LogP contribution in [0.4, 0.5) is 0 Å². The SMILES string of the molecule is CC.CCC1CCN(CC2CCN(C(C)C)CC2)C1. The second-order valence-electron chi connectivity index (χ2n) is 6.40. The van der Waals surface area contributed by atoms with Crippen molar-refractivity contribution >= 4 is 0 Å². The van der Waals surface area contributed by atoms with Crippen LogP contribution in [0.2, 0.25) is 0 Å². The van der Waals surface area contributed by atoms with Gasteiger partial charge < -0.3 is 9.80 Å². The Morgan fingerprint density at radius 2 is 1.53 bits per heavy atom. The molecule has 114 valence electrons. The Morgan fingerprint density at radius 1 is 0.947 bits per heavy atom. The molecule has 0 saturated carbocycles. The third-order valence-electron chi connectivity index (χ3n) is 4.84. The molecule has 0 radical (unpaired) electrons. The van der Waals surface area contributed by atoms with Crippen molar-refractivity contribution in [2.75, 3.05) is 32.7 Å². The van der Waals surface area contributed by atoms with Crippen molar-refractivity contribution in [2.24, 2.45) is 11.8 Å². The molecule has 0 aliphatic carbocycles. The summed E-state index contributed by atoms with van der Waals surface area (Å²) in [5, 5.41) is 0. The van der Waals surface area contributed by atoms with Gasteiger partial charge in [0, 0.05) is 19.1 Å². The van der Waals surface area contributed by atoms with E-state index in [1.54, 1.807) is 0 Å². The Hall–Kier alpha value is -0.0800. The van der Waals surface area contributed by atoms with Crippen molar-refractivity contribution in [3.63, 3.8) is 0 Å². The van der Waals surface area contributed by atoms with Crippen LogP contribution in [0, 0.1) is 11.8 Å². The maximum atomic E-state index is 2.73. The van der Waals surface area contributed by atoms with Gasteiger partial charge in [0.15, 0.2) is 0 Å². The van der Waals surface area contributed by atoms with Gasteiger partial charge in [-0.15, -0.1) is 0 Å². The molecule has 2 saturated heterocycles. The van der Waals surface area contributed by atoms with E-state index in [9.17, 15) is 0 Å². The first kappa shape index (κ1) is 17.0. The molecule has 0 N–H and O–H groups in total. The number of hydrogen-bond acceptors (Lipinski definition) is 2. The number of hydrogen-bond donors (Lipinski definition) is 0. The Kier molecular flexibility index (Phi) is 8.01. The highest BCUT2D eigenvalue weighted by atomic mass is 15.2. The average Bonchev–Trinajstić information content (AvgIpc) is 2.89. The molecule has 2 rings (SSSR count). The van der Waals surface area contributed by atoms with E-state index >= 15 is 0 Å². The summed E-state index contributed by atoms with van der Waals surface area (Å²) < 4.78 is 0. The summed E-state index contributed by atoms with van der Waals surface area (Å²) in [6, 6.07) is 0.743. The molecule has 0 aromatic carbocycles. The lowest BCUT2D eigenvalue weighted by Crippen LogP contribution is -2.41. The first-order chi connectivity index (χ1) is 9.19. The van der Waals surface area contributed by atoms with E-state index in [1.165, 1.54) is 58.4 Å². The van der Waals surface area contributed by atoms with Gasteiger partial charge in [0.05, 0.1) is 0 Å². The summed E-state index contributed by atoms with van der Waals surface area (Å²) in [5.41, 5.74) is 0. The smallest absolute Gasteiger partial charge is 0.00385 e. The second-order valence-corrected chi connectivity index (χ2v) is 6.40.